The molecule has 0 saturated heterocycles. The minimum absolute atomic E-state index is 0.0550. The Morgan fingerprint density at radius 1 is 1.00 bits per heavy atom. The van der Waals surface area contributed by atoms with E-state index in [0.717, 1.165) is 56.2 Å². The van der Waals surface area contributed by atoms with Crippen LogP contribution < -0.4 is 17.1 Å². The normalized spacial score (nSPS) is 20.0. The highest BCUT2D eigenvalue weighted by Gasteiger charge is 2.26. The SMILES string of the molecule is Nn1c2c(c(=O)n(C3CCCCC3)c1=O)CCC2. The van der Waals surface area contributed by atoms with E-state index in [1.165, 1.54) is 15.7 Å². The van der Waals surface area contributed by atoms with Gasteiger partial charge in [0.05, 0.1) is 5.69 Å². The van der Waals surface area contributed by atoms with Crippen molar-refractivity contribution in [2.45, 2.75) is 57.4 Å². The van der Waals surface area contributed by atoms with Gasteiger partial charge in [-0.25, -0.2) is 9.47 Å². The van der Waals surface area contributed by atoms with Crippen LogP contribution in [0.4, 0.5) is 0 Å². The van der Waals surface area contributed by atoms with Gasteiger partial charge in [-0.15, -0.1) is 0 Å². The van der Waals surface area contributed by atoms with E-state index >= 15 is 0 Å². The second kappa shape index (κ2) is 4.30. The largest absolute Gasteiger partial charge is 0.349 e. The van der Waals surface area contributed by atoms with Gasteiger partial charge >= 0.3 is 5.69 Å². The molecule has 0 spiro atoms. The number of hydrogen-bond acceptors (Lipinski definition) is 3. The van der Waals surface area contributed by atoms with Crippen LogP contribution in [0.15, 0.2) is 9.59 Å². The molecule has 5 heteroatoms. The summed E-state index contributed by atoms with van der Waals surface area (Å²) >= 11 is 0. The van der Waals surface area contributed by atoms with Crippen molar-refractivity contribution in [3.63, 3.8) is 0 Å². The molecule has 1 heterocycles. The van der Waals surface area contributed by atoms with Crippen molar-refractivity contribution in [3.05, 3.63) is 32.1 Å². The second-order valence-electron chi connectivity index (χ2n) is 5.40. The Labute approximate surface area is 105 Å². The van der Waals surface area contributed by atoms with E-state index in [0.29, 0.717) is 0 Å². The summed E-state index contributed by atoms with van der Waals surface area (Å²) in [4.78, 5) is 24.7. The van der Waals surface area contributed by atoms with Gasteiger partial charge in [0.25, 0.3) is 5.56 Å². The first-order chi connectivity index (χ1) is 8.70. The molecule has 3 rings (SSSR count). The van der Waals surface area contributed by atoms with E-state index < -0.39 is 0 Å². The number of hydrogen-bond donors (Lipinski definition) is 1. The molecule has 0 aromatic carbocycles. The van der Waals surface area contributed by atoms with Crippen molar-refractivity contribution in [1.82, 2.24) is 9.24 Å². The average molecular weight is 249 g/mol. The highest BCUT2D eigenvalue weighted by molar-refractivity contribution is 5.23. The molecule has 5 nitrogen and oxygen atoms in total. The van der Waals surface area contributed by atoms with Crippen molar-refractivity contribution in [2.24, 2.45) is 0 Å². The van der Waals surface area contributed by atoms with Crippen molar-refractivity contribution in [1.29, 1.82) is 0 Å². The van der Waals surface area contributed by atoms with Crippen molar-refractivity contribution in [3.8, 4) is 0 Å². The van der Waals surface area contributed by atoms with Gasteiger partial charge in [-0.1, -0.05) is 19.3 Å². The third kappa shape index (κ3) is 1.61. The van der Waals surface area contributed by atoms with E-state index in [1.807, 2.05) is 0 Å². The van der Waals surface area contributed by atoms with Gasteiger partial charge in [0.15, 0.2) is 0 Å². The highest BCUT2D eigenvalue weighted by Crippen LogP contribution is 2.26. The Bertz CT molecular complexity index is 579. The summed E-state index contributed by atoms with van der Waals surface area (Å²) in [5, 5.41) is 0. The molecule has 98 valence electrons. The van der Waals surface area contributed by atoms with E-state index in [9.17, 15) is 9.59 Å². The molecule has 0 radical (unpaired) electrons. The van der Waals surface area contributed by atoms with Gasteiger partial charge in [0.2, 0.25) is 0 Å². The molecule has 1 aromatic heterocycles. The third-order valence-corrected chi connectivity index (χ3v) is 4.31. The van der Waals surface area contributed by atoms with E-state index in [-0.39, 0.29) is 17.3 Å². The summed E-state index contributed by atoms with van der Waals surface area (Å²) in [6.45, 7) is 0. The van der Waals surface area contributed by atoms with Crippen LogP contribution in [0.25, 0.3) is 0 Å². The van der Waals surface area contributed by atoms with Gasteiger partial charge in [-0.2, -0.15) is 0 Å². The summed E-state index contributed by atoms with van der Waals surface area (Å²) in [7, 11) is 0. The number of nitrogens with two attached hydrogens (primary N) is 1. The van der Waals surface area contributed by atoms with Gasteiger partial charge in [0, 0.05) is 11.6 Å². The quantitative estimate of drug-likeness (QED) is 0.745. The lowest BCUT2D eigenvalue weighted by atomic mass is 9.95. The zero-order chi connectivity index (χ0) is 12.7. The van der Waals surface area contributed by atoms with Crippen molar-refractivity contribution >= 4 is 0 Å². The summed E-state index contributed by atoms with van der Waals surface area (Å²) in [6.07, 6.45) is 7.68. The zero-order valence-electron chi connectivity index (χ0n) is 10.5. The molecule has 1 aromatic rings. The maximum Gasteiger partial charge on any atom is 0.349 e. The Kier molecular flexibility index (Phi) is 2.76. The molecule has 0 amide bonds. The highest BCUT2D eigenvalue weighted by atomic mass is 16.2. The molecule has 0 aliphatic heterocycles. The van der Waals surface area contributed by atoms with Crippen LogP contribution in [0.3, 0.4) is 0 Å². The standard InChI is InChI=1S/C13H19N3O2/c14-16-11-8-4-7-10(11)12(17)15(13(16)18)9-5-2-1-3-6-9/h9H,1-8,14H2. The molecule has 18 heavy (non-hydrogen) atoms. The molecular weight excluding hydrogens is 230 g/mol. The van der Waals surface area contributed by atoms with Gasteiger partial charge < -0.3 is 5.84 Å². The first-order valence-electron chi connectivity index (χ1n) is 6.84. The lowest BCUT2D eigenvalue weighted by Crippen LogP contribution is -2.47. The van der Waals surface area contributed by atoms with Crippen LogP contribution in [0.1, 0.15) is 55.8 Å². The van der Waals surface area contributed by atoms with Crippen LogP contribution in [-0.2, 0) is 12.8 Å². The summed E-state index contributed by atoms with van der Waals surface area (Å²) < 4.78 is 2.63. The molecule has 1 fully saturated rings. The fraction of sp³-hybridized carbons (Fsp3) is 0.692. The Morgan fingerprint density at radius 3 is 2.44 bits per heavy atom. The third-order valence-electron chi connectivity index (χ3n) is 4.31. The Morgan fingerprint density at radius 2 is 1.72 bits per heavy atom. The number of nitrogens with zero attached hydrogens (tertiary/aromatic N) is 2. The molecule has 2 aliphatic carbocycles. The van der Waals surface area contributed by atoms with Crippen LogP contribution >= 0.6 is 0 Å². The topological polar surface area (TPSA) is 70.0 Å². The first-order valence-corrected chi connectivity index (χ1v) is 6.84. The number of nitrogen functional groups attached to an aromatic ring is 1. The molecule has 2 aliphatic rings. The lowest BCUT2D eigenvalue weighted by Gasteiger charge is -2.24. The molecular formula is C13H19N3O2. The predicted octanol–water partition coefficient (Wildman–Crippen LogP) is 0.718. The fourth-order valence-corrected chi connectivity index (χ4v) is 3.35. The van der Waals surface area contributed by atoms with Gasteiger partial charge in [-0.05, 0) is 32.1 Å². The van der Waals surface area contributed by atoms with Crippen LogP contribution in [0, 0.1) is 0 Å². The van der Waals surface area contributed by atoms with Crippen LogP contribution in [-0.4, -0.2) is 9.24 Å². The maximum atomic E-state index is 12.4. The van der Waals surface area contributed by atoms with E-state index in [4.69, 9.17) is 5.84 Å². The fourth-order valence-electron chi connectivity index (χ4n) is 3.35. The maximum absolute atomic E-state index is 12.4. The molecule has 2 N–H and O–H groups in total. The summed E-state index contributed by atoms with van der Waals surface area (Å²) in [5.41, 5.74) is 1.10. The molecule has 0 atom stereocenters. The monoisotopic (exact) mass is 249 g/mol. The number of rotatable bonds is 1. The average Bonchev–Trinajstić information content (AvgIpc) is 2.87. The van der Waals surface area contributed by atoms with Gasteiger partial charge in [-0.3, -0.25) is 9.36 Å². The summed E-state index contributed by atoms with van der Waals surface area (Å²) in [6, 6.07) is 0.0550. The summed E-state index contributed by atoms with van der Waals surface area (Å²) in [5.74, 6) is 5.85. The Balaban J connectivity index is 2.17. The van der Waals surface area contributed by atoms with E-state index in [1.54, 1.807) is 0 Å². The van der Waals surface area contributed by atoms with Crippen LogP contribution in [0.5, 0.6) is 0 Å². The minimum atomic E-state index is -0.326. The second-order valence-corrected chi connectivity index (χ2v) is 5.40. The predicted molar refractivity (Wildman–Crippen MR) is 69.3 cm³/mol. The lowest BCUT2D eigenvalue weighted by molar-refractivity contribution is 0.331. The molecule has 0 bridgehead atoms. The van der Waals surface area contributed by atoms with Crippen LogP contribution in [0.2, 0.25) is 0 Å². The van der Waals surface area contributed by atoms with Crippen molar-refractivity contribution in [2.75, 3.05) is 5.84 Å². The number of fused-ring (bicyclic) bond motifs is 1. The molecule has 0 unspecified atom stereocenters. The van der Waals surface area contributed by atoms with Gasteiger partial charge in [0.1, 0.15) is 0 Å². The van der Waals surface area contributed by atoms with Crippen molar-refractivity contribution < 1.29 is 0 Å². The molecule has 1 saturated carbocycles. The first kappa shape index (κ1) is 11.6. The Hall–Kier alpha value is -1.52. The van der Waals surface area contributed by atoms with E-state index in [2.05, 4.69) is 0 Å². The number of aromatic nitrogens is 2. The minimum Gasteiger partial charge on any atom is -0.335 e. The smallest absolute Gasteiger partial charge is 0.335 e. The zero-order valence-corrected chi connectivity index (χ0v) is 10.5.